The van der Waals surface area contributed by atoms with Crippen molar-refractivity contribution in [1.29, 1.82) is 0 Å². The molecule has 7 heteroatoms. The molecule has 1 aliphatic heterocycles. The molecule has 1 saturated heterocycles. The van der Waals surface area contributed by atoms with E-state index in [1.165, 1.54) is 0 Å². The van der Waals surface area contributed by atoms with Crippen molar-refractivity contribution in [2.24, 2.45) is 0 Å². The summed E-state index contributed by atoms with van der Waals surface area (Å²) in [5.41, 5.74) is 3.82. The number of nitrogens with one attached hydrogen (secondary N) is 1. The Kier molecular flexibility index (Phi) is 5.52. The van der Waals surface area contributed by atoms with E-state index in [1.54, 1.807) is 18.3 Å². The molecule has 0 saturated carbocycles. The number of rotatable bonds is 4. The number of hydrogen-bond donors (Lipinski definition) is 2. The summed E-state index contributed by atoms with van der Waals surface area (Å²) < 4.78 is 1.81. The zero-order valence-electron chi connectivity index (χ0n) is 20.1. The van der Waals surface area contributed by atoms with Gasteiger partial charge in [0.05, 0.1) is 11.9 Å². The number of likely N-dealkylation sites (tertiary alicyclic amines) is 1. The maximum absolute atomic E-state index is 13.2. The number of carbonyl (C=O) groups is 1. The average molecular weight is 478 g/mol. The monoisotopic (exact) mass is 477 g/mol. The van der Waals surface area contributed by atoms with Crippen molar-refractivity contribution in [2.45, 2.75) is 25.8 Å². The second kappa shape index (κ2) is 9.00. The van der Waals surface area contributed by atoms with Gasteiger partial charge in [0, 0.05) is 41.9 Å². The lowest BCUT2D eigenvalue weighted by Gasteiger charge is -2.33. The highest BCUT2D eigenvalue weighted by molar-refractivity contribution is 5.98. The minimum Gasteiger partial charge on any atom is -0.507 e. The van der Waals surface area contributed by atoms with Crippen LogP contribution in [0.1, 0.15) is 28.8 Å². The molecule has 1 aliphatic rings. The van der Waals surface area contributed by atoms with Crippen LogP contribution in [0.3, 0.4) is 0 Å². The molecular weight excluding hydrogens is 450 g/mol. The number of nitrogens with zero attached hydrogens (tertiary/aromatic N) is 4. The van der Waals surface area contributed by atoms with E-state index in [0.29, 0.717) is 24.3 Å². The molecule has 5 aromatic rings. The zero-order valence-corrected chi connectivity index (χ0v) is 20.1. The summed E-state index contributed by atoms with van der Waals surface area (Å²) in [6.07, 6.45) is 3.46. The molecule has 0 radical (unpaired) electrons. The Labute approximate surface area is 209 Å². The van der Waals surface area contributed by atoms with Crippen molar-refractivity contribution in [3.05, 3.63) is 90.1 Å². The Morgan fingerprint density at radius 1 is 0.972 bits per heavy atom. The fourth-order valence-corrected chi connectivity index (χ4v) is 4.94. The highest BCUT2D eigenvalue weighted by Crippen LogP contribution is 2.31. The molecule has 2 aromatic heterocycles. The van der Waals surface area contributed by atoms with Crippen LogP contribution in [0.4, 0.5) is 5.82 Å². The lowest BCUT2D eigenvalue weighted by molar-refractivity contribution is 0.0718. The SMILES string of the molecule is Cc1cnn2c(NC3CCN(C(=O)c4ccc5ccccc5c4)CC3)cc(-c3ccccc3O)nc12. The number of hydrogen-bond acceptors (Lipinski definition) is 5. The first kappa shape index (κ1) is 22.1. The molecule has 0 unspecified atom stereocenters. The van der Waals surface area contributed by atoms with E-state index in [9.17, 15) is 9.90 Å². The molecule has 0 bridgehead atoms. The van der Waals surface area contributed by atoms with Crippen molar-refractivity contribution in [3.63, 3.8) is 0 Å². The number of aromatic nitrogens is 3. The number of phenols is 1. The molecule has 3 aromatic carbocycles. The first-order valence-electron chi connectivity index (χ1n) is 12.3. The molecule has 3 heterocycles. The van der Waals surface area contributed by atoms with Crippen molar-refractivity contribution in [1.82, 2.24) is 19.5 Å². The third-order valence-electron chi connectivity index (χ3n) is 6.96. The summed E-state index contributed by atoms with van der Waals surface area (Å²) in [5, 5.41) is 20.7. The number of benzene rings is 3. The van der Waals surface area contributed by atoms with E-state index in [-0.39, 0.29) is 17.7 Å². The molecule has 0 aliphatic carbocycles. The number of aryl methyl sites for hydroxylation is 1. The summed E-state index contributed by atoms with van der Waals surface area (Å²) in [7, 11) is 0. The lowest BCUT2D eigenvalue weighted by atomic mass is 10.0. The Balaban J connectivity index is 1.20. The number of aromatic hydroxyl groups is 1. The van der Waals surface area contributed by atoms with Gasteiger partial charge in [-0.05, 0) is 54.8 Å². The van der Waals surface area contributed by atoms with Crippen LogP contribution < -0.4 is 5.32 Å². The van der Waals surface area contributed by atoms with Crippen molar-refractivity contribution in [3.8, 4) is 17.0 Å². The smallest absolute Gasteiger partial charge is 0.253 e. The van der Waals surface area contributed by atoms with Gasteiger partial charge >= 0.3 is 0 Å². The molecule has 6 rings (SSSR count). The minimum absolute atomic E-state index is 0.0787. The first-order valence-corrected chi connectivity index (χ1v) is 12.3. The van der Waals surface area contributed by atoms with Crippen LogP contribution in [0.15, 0.2) is 79.0 Å². The summed E-state index contributed by atoms with van der Waals surface area (Å²) in [5.74, 6) is 1.10. The predicted molar refractivity (Wildman–Crippen MR) is 141 cm³/mol. The number of fused-ring (bicyclic) bond motifs is 2. The van der Waals surface area contributed by atoms with Crippen LogP contribution in [0.5, 0.6) is 5.75 Å². The van der Waals surface area contributed by atoms with Gasteiger partial charge in [0.15, 0.2) is 5.65 Å². The summed E-state index contributed by atoms with van der Waals surface area (Å²) in [6.45, 7) is 3.34. The number of amides is 1. The van der Waals surface area contributed by atoms with Crippen LogP contribution in [-0.2, 0) is 0 Å². The van der Waals surface area contributed by atoms with Gasteiger partial charge in [0.25, 0.3) is 5.91 Å². The van der Waals surface area contributed by atoms with Gasteiger partial charge in [-0.3, -0.25) is 4.79 Å². The number of piperidine rings is 1. The van der Waals surface area contributed by atoms with Crippen molar-refractivity contribution >= 4 is 28.1 Å². The van der Waals surface area contributed by atoms with E-state index in [2.05, 4.69) is 16.5 Å². The van der Waals surface area contributed by atoms with Gasteiger partial charge in [-0.2, -0.15) is 9.61 Å². The molecule has 0 spiro atoms. The molecule has 1 fully saturated rings. The van der Waals surface area contributed by atoms with E-state index in [1.807, 2.05) is 70.9 Å². The lowest BCUT2D eigenvalue weighted by Crippen LogP contribution is -2.42. The Hall–Kier alpha value is -4.39. The number of para-hydroxylation sites is 1. The second-order valence-corrected chi connectivity index (χ2v) is 9.38. The van der Waals surface area contributed by atoms with E-state index < -0.39 is 0 Å². The van der Waals surface area contributed by atoms with Crippen LogP contribution in [0.2, 0.25) is 0 Å². The largest absolute Gasteiger partial charge is 0.507 e. The van der Waals surface area contributed by atoms with E-state index >= 15 is 0 Å². The highest BCUT2D eigenvalue weighted by atomic mass is 16.3. The summed E-state index contributed by atoms with van der Waals surface area (Å²) >= 11 is 0. The second-order valence-electron chi connectivity index (χ2n) is 9.38. The maximum Gasteiger partial charge on any atom is 0.253 e. The minimum atomic E-state index is 0.0787. The van der Waals surface area contributed by atoms with Crippen molar-refractivity contribution in [2.75, 3.05) is 18.4 Å². The number of carbonyl (C=O) groups excluding carboxylic acids is 1. The number of anilines is 1. The predicted octanol–water partition coefficient (Wildman–Crippen LogP) is 5.28. The standard InChI is InChI=1S/C29H27N5O2/c1-19-18-30-34-27(17-25(32-28(19)34)24-8-4-5-9-26(24)35)31-23-12-14-33(15-13-23)29(36)22-11-10-20-6-2-3-7-21(20)16-22/h2-11,16-18,23,31,35H,12-15H2,1H3. The molecule has 2 N–H and O–H groups in total. The van der Waals surface area contributed by atoms with Crippen LogP contribution in [-0.4, -0.2) is 49.6 Å². The van der Waals surface area contributed by atoms with Crippen LogP contribution in [0.25, 0.3) is 27.7 Å². The third kappa shape index (κ3) is 4.02. The molecule has 7 nitrogen and oxygen atoms in total. The summed E-state index contributed by atoms with van der Waals surface area (Å²) in [6, 6.07) is 23.4. The van der Waals surface area contributed by atoms with E-state index in [4.69, 9.17) is 4.98 Å². The average Bonchev–Trinajstić information content (AvgIpc) is 3.29. The maximum atomic E-state index is 13.2. The van der Waals surface area contributed by atoms with Gasteiger partial charge in [-0.15, -0.1) is 0 Å². The fourth-order valence-electron chi connectivity index (χ4n) is 4.94. The van der Waals surface area contributed by atoms with Gasteiger partial charge in [-0.25, -0.2) is 4.98 Å². The molecule has 1 amide bonds. The van der Waals surface area contributed by atoms with E-state index in [0.717, 1.165) is 46.2 Å². The van der Waals surface area contributed by atoms with Crippen molar-refractivity contribution < 1.29 is 9.90 Å². The van der Waals surface area contributed by atoms with Crippen LogP contribution in [0, 0.1) is 6.92 Å². The zero-order chi connectivity index (χ0) is 24.6. The molecular formula is C29H27N5O2. The summed E-state index contributed by atoms with van der Waals surface area (Å²) in [4.78, 5) is 19.9. The Morgan fingerprint density at radius 3 is 2.53 bits per heavy atom. The Bertz CT molecular complexity index is 1580. The molecule has 0 atom stereocenters. The van der Waals surface area contributed by atoms with Crippen LogP contribution >= 0.6 is 0 Å². The first-order chi connectivity index (χ1) is 17.6. The van der Waals surface area contributed by atoms with Gasteiger partial charge in [0.1, 0.15) is 11.6 Å². The van der Waals surface area contributed by atoms with Gasteiger partial charge in [0.2, 0.25) is 0 Å². The molecule has 180 valence electrons. The quantitative estimate of drug-likeness (QED) is 0.368. The van der Waals surface area contributed by atoms with Gasteiger partial charge in [-0.1, -0.05) is 42.5 Å². The fraction of sp³-hybridized carbons (Fsp3) is 0.207. The Morgan fingerprint density at radius 2 is 1.72 bits per heavy atom. The van der Waals surface area contributed by atoms with Gasteiger partial charge < -0.3 is 15.3 Å². The number of phenolic OH excluding ortho intramolecular Hbond substituents is 1. The third-order valence-corrected chi connectivity index (χ3v) is 6.96. The topological polar surface area (TPSA) is 82.8 Å². The normalized spacial score (nSPS) is 14.4. The molecule has 36 heavy (non-hydrogen) atoms. The highest BCUT2D eigenvalue weighted by Gasteiger charge is 2.25.